The summed E-state index contributed by atoms with van der Waals surface area (Å²) in [6.45, 7) is 1.69. The molecule has 2 aromatic carbocycles. The van der Waals surface area contributed by atoms with Crippen LogP contribution in [0.15, 0.2) is 54.6 Å². The summed E-state index contributed by atoms with van der Waals surface area (Å²) in [6, 6.07) is 16.6. The molecule has 30 heavy (non-hydrogen) atoms. The van der Waals surface area contributed by atoms with E-state index >= 15 is 0 Å². The average molecular weight is 423 g/mol. The first kappa shape index (κ1) is 20.2. The summed E-state index contributed by atoms with van der Waals surface area (Å²) < 4.78 is 0. The van der Waals surface area contributed by atoms with Gasteiger partial charge in [-0.25, -0.2) is 4.98 Å². The van der Waals surface area contributed by atoms with E-state index in [9.17, 15) is 9.59 Å². The Morgan fingerprint density at radius 2 is 1.87 bits per heavy atom. The Morgan fingerprint density at radius 1 is 1.10 bits per heavy atom. The third-order valence-corrected chi connectivity index (χ3v) is 5.41. The summed E-state index contributed by atoms with van der Waals surface area (Å²) in [5, 5.41) is 4.22. The van der Waals surface area contributed by atoms with Crippen LogP contribution in [0.2, 0.25) is 5.02 Å². The van der Waals surface area contributed by atoms with Crippen LogP contribution in [0.3, 0.4) is 0 Å². The number of nitrogens with zero attached hydrogens (tertiary/aromatic N) is 3. The van der Waals surface area contributed by atoms with E-state index in [1.807, 2.05) is 30.3 Å². The second-order valence-electron chi connectivity index (χ2n) is 7.47. The lowest BCUT2D eigenvalue weighted by Gasteiger charge is -2.23. The first-order chi connectivity index (χ1) is 14.5. The average Bonchev–Trinajstić information content (AvgIpc) is 3.27. The molecule has 2 heterocycles. The van der Waals surface area contributed by atoms with Crippen LogP contribution < -0.4 is 10.2 Å². The number of benzene rings is 2. The van der Waals surface area contributed by atoms with Crippen LogP contribution in [0, 0.1) is 0 Å². The Balaban J connectivity index is 1.56. The minimum atomic E-state index is -0.287. The van der Waals surface area contributed by atoms with E-state index in [0.29, 0.717) is 22.1 Å². The van der Waals surface area contributed by atoms with Gasteiger partial charge in [-0.2, -0.15) is 0 Å². The van der Waals surface area contributed by atoms with E-state index in [4.69, 9.17) is 16.6 Å². The maximum Gasteiger partial charge on any atom is 0.257 e. The monoisotopic (exact) mass is 422 g/mol. The van der Waals surface area contributed by atoms with Crippen molar-refractivity contribution in [2.75, 3.05) is 36.9 Å². The molecule has 0 bridgehead atoms. The summed E-state index contributed by atoms with van der Waals surface area (Å²) in [5.41, 5.74) is 1.98. The van der Waals surface area contributed by atoms with Crippen LogP contribution in [0.5, 0.6) is 0 Å². The van der Waals surface area contributed by atoms with Crippen LogP contribution in [0.25, 0.3) is 10.9 Å². The van der Waals surface area contributed by atoms with Crippen LogP contribution in [-0.4, -0.2) is 48.4 Å². The van der Waals surface area contributed by atoms with Crippen molar-refractivity contribution in [3.05, 3.63) is 65.2 Å². The lowest BCUT2D eigenvalue weighted by Crippen LogP contribution is -2.36. The van der Waals surface area contributed by atoms with Gasteiger partial charge < -0.3 is 15.1 Å². The van der Waals surface area contributed by atoms with Gasteiger partial charge in [0.15, 0.2) is 0 Å². The molecule has 1 fully saturated rings. The van der Waals surface area contributed by atoms with Gasteiger partial charge in [-0.15, -0.1) is 0 Å². The molecule has 0 saturated carbocycles. The van der Waals surface area contributed by atoms with E-state index < -0.39 is 0 Å². The van der Waals surface area contributed by atoms with E-state index in [0.717, 1.165) is 36.8 Å². The van der Waals surface area contributed by atoms with Gasteiger partial charge in [0.25, 0.3) is 5.91 Å². The molecule has 0 aliphatic carbocycles. The summed E-state index contributed by atoms with van der Waals surface area (Å²) >= 11 is 5.96. The standard InChI is InChI=1S/C23H23ClN4O2/c1-27(15-21(29)25-18-9-6-8-17(24)14-18)23(30)19-13-16-7-2-3-10-20(16)26-22(19)28-11-4-5-12-28/h2-3,6-10,13-14H,4-5,11-12,15H2,1H3,(H,25,29). The molecule has 0 atom stereocenters. The van der Waals surface area contributed by atoms with Gasteiger partial charge in [0.05, 0.1) is 17.6 Å². The fourth-order valence-electron chi connectivity index (χ4n) is 3.69. The van der Waals surface area contributed by atoms with Gasteiger partial charge in [-0.05, 0) is 43.2 Å². The zero-order valence-corrected chi connectivity index (χ0v) is 17.5. The maximum atomic E-state index is 13.3. The number of para-hydroxylation sites is 1. The number of pyridine rings is 1. The highest BCUT2D eigenvalue weighted by atomic mass is 35.5. The summed E-state index contributed by atoms with van der Waals surface area (Å²) in [5.74, 6) is 0.180. The molecule has 1 N–H and O–H groups in total. The lowest BCUT2D eigenvalue weighted by atomic mass is 10.1. The summed E-state index contributed by atoms with van der Waals surface area (Å²) in [7, 11) is 1.63. The van der Waals surface area contributed by atoms with Crippen molar-refractivity contribution >= 4 is 45.8 Å². The van der Waals surface area contributed by atoms with E-state index in [2.05, 4.69) is 10.2 Å². The molecular formula is C23H23ClN4O2. The fourth-order valence-corrected chi connectivity index (χ4v) is 3.88. The van der Waals surface area contributed by atoms with Crippen molar-refractivity contribution in [3.63, 3.8) is 0 Å². The number of fused-ring (bicyclic) bond motifs is 1. The third kappa shape index (κ3) is 4.39. The SMILES string of the molecule is CN(CC(=O)Nc1cccc(Cl)c1)C(=O)c1cc2ccccc2nc1N1CCCC1. The van der Waals surface area contributed by atoms with Crippen LogP contribution in [0.1, 0.15) is 23.2 Å². The van der Waals surface area contributed by atoms with Gasteiger partial charge >= 0.3 is 0 Å². The molecule has 1 aliphatic heterocycles. The largest absolute Gasteiger partial charge is 0.356 e. The van der Waals surface area contributed by atoms with Crippen LogP contribution in [-0.2, 0) is 4.79 Å². The number of aromatic nitrogens is 1. The molecule has 154 valence electrons. The van der Waals surface area contributed by atoms with Crippen molar-refractivity contribution in [1.29, 1.82) is 0 Å². The fraction of sp³-hybridized carbons (Fsp3) is 0.261. The van der Waals surface area contributed by atoms with Crippen molar-refractivity contribution in [3.8, 4) is 0 Å². The molecule has 1 aliphatic rings. The number of anilines is 2. The van der Waals surface area contributed by atoms with Crippen molar-refractivity contribution < 1.29 is 9.59 Å². The predicted octanol–water partition coefficient (Wildman–Crippen LogP) is 4.20. The molecule has 7 heteroatoms. The number of carbonyl (C=O) groups excluding carboxylic acids is 2. The van der Waals surface area contributed by atoms with Crippen LogP contribution >= 0.6 is 11.6 Å². The number of hydrogen-bond acceptors (Lipinski definition) is 4. The first-order valence-electron chi connectivity index (χ1n) is 9.97. The quantitative estimate of drug-likeness (QED) is 0.669. The number of likely N-dealkylation sites (N-methyl/N-ethyl adjacent to an activating group) is 1. The van der Waals surface area contributed by atoms with Gasteiger partial charge in [0.2, 0.25) is 5.91 Å². The Morgan fingerprint density at radius 3 is 2.63 bits per heavy atom. The highest BCUT2D eigenvalue weighted by Crippen LogP contribution is 2.27. The van der Waals surface area contributed by atoms with Crippen LogP contribution in [0.4, 0.5) is 11.5 Å². The number of halogens is 1. The molecule has 1 aromatic heterocycles. The molecule has 1 saturated heterocycles. The molecule has 0 radical (unpaired) electrons. The minimum Gasteiger partial charge on any atom is -0.356 e. The second-order valence-corrected chi connectivity index (χ2v) is 7.90. The van der Waals surface area contributed by atoms with Crippen molar-refractivity contribution in [2.45, 2.75) is 12.8 Å². The smallest absolute Gasteiger partial charge is 0.257 e. The lowest BCUT2D eigenvalue weighted by molar-refractivity contribution is -0.116. The number of carbonyl (C=O) groups is 2. The number of nitrogens with one attached hydrogen (secondary N) is 1. The number of amides is 2. The summed E-state index contributed by atoms with van der Waals surface area (Å²) in [4.78, 5) is 34.1. The molecule has 3 aromatic rings. The van der Waals surface area contributed by atoms with Gasteiger partial charge in [0.1, 0.15) is 5.82 Å². The van der Waals surface area contributed by atoms with Crippen molar-refractivity contribution in [2.24, 2.45) is 0 Å². The second kappa shape index (κ2) is 8.71. The molecule has 4 rings (SSSR count). The van der Waals surface area contributed by atoms with Gasteiger partial charge in [-0.1, -0.05) is 35.9 Å². The Bertz CT molecular complexity index is 1100. The highest BCUT2D eigenvalue weighted by molar-refractivity contribution is 6.30. The zero-order chi connectivity index (χ0) is 21.1. The van der Waals surface area contributed by atoms with E-state index in [1.54, 1.807) is 31.3 Å². The minimum absolute atomic E-state index is 0.0718. The molecule has 0 spiro atoms. The topological polar surface area (TPSA) is 65.5 Å². The Hall–Kier alpha value is -3.12. The molecule has 6 nitrogen and oxygen atoms in total. The van der Waals surface area contributed by atoms with Gasteiger partial charge in [0, 0.05) is 36.2 Å². The van der Waals surface area contributed by atoms with E-state index in [-0.39, 0.29) is 18.4 Å². The Kier molecular flexibility index (Phi) is 5.86. The predicted molar refractivity (Wildman–Crippen MR) is 120 cm³/mol. The van der Waals surface area contributed by atoms with E-state index in [1.165, 1.54) is 4.90 Å². The molecule has 2 amide bonds. The Labute approximate surface area is 180 Å². The molecular weight excluding hydrogens is 400 g/mol. The normalized spacial score (nSPS) is 13.5. The third-order valence-electron chi connectivity index (χ3n) is 5.18. The summed E-state index contributed by atoms with van der Waals surface area (Å²) in [6.07, 6.45) is 2.17. The molecule has 0 unspecified atom stereocenters. The number of hydrogen-bond donors (Lipinski definition) is 1. The number of rotatable bonds is 5. The maximum absolute atomic E-state index is 13.3. The first-order valence-corrected chi connectivity index (χ1v) is 10.3. The van der Waals surface area contributed by atoms with Crippen molar-refractivity contribution in [1.82, 2.24) is 9.88 Å². The van der Waals surface area contributed by atoms with Gasteiger partial charge in [-0.3, -0.25) is 9.59 Å². The highest BCUT2D eigenvalue weighted by Gasteiger charge is 2.25. The zero-order valence-electron chi connectivity index (χ0n) is 16.8.